The van der Waals surface area contributed by atoms with Crippen molar-refractivity contribution >= 4 is 23.6 Å². The number of hydrogen-bond acceptors (Lipinski definition) is 3. The fourth-order valence-electron chi connectivity index (χ4n) is 3.21. The average molecular weight is 239 g/mol. The van der Waals surface area contributed by atoms with Crippen LogP contribution in [-0.4, -0.2) is 33.8 Å². The van der Waals surface area contributed by atoms with Crippen molar-refractivity contribution in [3.63, 3.8) is 0 Å². The molecule has 0 aromatic heterocycles. The molecule has 0 unspecified atom stereocenters. The third-order valence-corrected chi connectivity index (χ3v) is 5.43. The second-order valence-electron chi connectivity index (χ2n) is 5.02. The molecule has 3 aliphatic rings. The zero-order valence-electron chi connectivity index (χ0n) is 9.35. The van der Waals surface area contributed by atoms with Gasteiger partial charge in [0.25, 0.3) is 0 Å². The highest BCUT2D eigenvalue weighted by atomic mass is 32.2. The standard InChI is InChI=1S/C12H17NO2S/c14-11-9-6-7-16-10(9)12(15)13(11)8-4-2-1-3-5-8/h8-10H,1-7H2/t9-,10+/m1/s1. The van der Waals surface area contributed by atoms with Gasteiger partial charge in [0.05, 0.1) is 11.2 Å². The van der Waals surface area contributed by atoms with Gasteiger partial charge in [-0.05, 0) is 25.0 Å². The Bertz CT molecular complexity index is 303. The van der Waals surface area contributed by atoms with E-state index in [-0.39, 0.29) is 29.0 Å². The highest BCUT2D eigenvalue weighted by molar-refractivity contribution is 8.00. The Morgan fingerprint density at radius 2 is 1.75 bits per heavy atom. The van der Waals surface area contributed by atoms with Crippen molar-refractivity contribution in [3.8, 4) is 0 Å². The summed E-state index contributed by atoms with van der Waals surface area (Å²) in [6, 6.07) is 0.222. The number of thioether (sulfide) groups is 1. The van der Waals surface area contributed by atoms with Crippen LogP contribution >= 0.6 is 11.8 Å². The summed E-state index contributed by atoms with van der Waals surface area (Å²) in [4.78, 5) is 26.0. The Hall–Kier alpha value is -0.510. The normalized spacial score (nSPS) is 35.9. The molecule has 4 heteroatoms. The van der Waals surface area contributed by atoms with Crippen LogP contribution in [0.5, 0.6) is 0 Å². The van der Waals surface area contributed by atoms with Gasteiger partial charge in [-0.25, -0.2) is 0 Å². The Labute approximate surface area is 99.9 Å². The Kier molecular flexibility index (Phi) is 2.70. The van der Waals surface area contributed by atoms with Crippen LogP contribution in [0.4, 0.5) is 0 Å². The van der Waals surface area contributed by atoms with E-state index in [1.807, 2.05) is 0 Å². The summed E-state index contributed by atoms with van der Waals surface area (Å²) in [7, 11) is 0. The van der Waals surface area contributed by atoms with Gasteiger partial charge in [0, 0.05) is 6.04 Å². The molecule has 16 heavy (non-hydrogen) atoms. The summed E-state index contributed by atoms with van der Waals surface area (Å²) in [5.41, 5.74) is 0. The second-order valence-corrected chi connectivity index (χ2v) is 6.27. The van der Waals surface area contributed by atoms with E-state index < -0.39 is 0 Å². The van der Waals surface area contributed by atoms with Crippen LogP contribution in [0.25, 0.3) is 0 Å². The SMILES string of the molecule is O=C1[C@H]2SCC[C@H]2C(=O)N1C1CCCCC1. The van der Waals surface area contributed by atoms with Crippen LogP contribution in [0.1, 0.15) is 38.5 Å². The zero-order valence-corrected chi connectivity index (χ0v) is 10.2. The van der Waals surface area contributed by atoms with Gasteiger partial charge in [-0.1, -0.05) is 19.3 Å². The Morgan fingerprint density at radius 1 is 1.00 bits per heavy atom. The van der Waals surface area contributed by atoms with E-state index in [1.165, 1.54) is 19.3 Å². The van der Waals surface area contributed by atoms with Gasteiger partial charge in [0.1, 0.15) is 0 Å². The van der Waals surface area contributed by atoms with Gasteiger partial charge in [0.15, 0.2) is 0 Å². The lowest BCUT2D eigenvalue weighted by atomic mass is 9.94. The molecule has 0 radical (unpaired) electrons. The largest absolute Gasteiger partial charge is 0.278 e. The predicted octanol–water partition coefficient (Wildman–Crippen LogP) is 1.81. The van der Waals surface area contributed by atoms with Gasteiger partial charge >= 0.3 is 0 Å². The molecule has 88 valence electrons. The van der Waals surface area contributed by atoms with Crippen LogP contribution in [0.2, 0.25) is 0 Å². The zero-order chi connectivity index (χ0) is 11.1. The van der Waals surface area contributed by atoms with Crippen molar-refractivity contribution in [1.29, 1.82) is 0 Å². The lowest BCUT2D eigenvalue weighted by Crippen LogP contribution is -2.42. The van der Waals surface area contributed by atoms with Crippen molar-refractivity contribution < 1.29 is 9.59 Å². The number of rotatable bonds is 1. The van der Waals surface area contributed by atoms with E-state index in [4.69, 9.17) is 0 Å². The van der Waals surface area contributed by atoms with Crippen molar-refractivity contribution in [2.45, 2.75) is 49.8 Å². The van der Waals surface area contributed by atoms with Gasteiger partial charge in [-0.15, -0.1) is 11.8 Å². The number of nitrogens with zero attached hydrogens (tertiary/aromatic N) is 1. The minimum absolute atomic E-state index is 0.0134. The van der Waals surface area contributed by atoms with Gasteiger partial charge in [0.2, 0.25) is 11.8 Å². The quantitative estimate of drug-likeness (QED) is 0.655. The average Bonchev–Trinajstić information content (AvgIpc) is 2.86. The molecule has 3 rings (SSSR count). The molecule has 2 atom stereocenters. The van der Waals surface area contributed by atoms with Crippen molar-refractivity contribution in [2.75, 3.05) is 5.75 Å². The van der Waals surface area contributed by atoms with Gasteiger partial charge in [-0.3, -0.25) is 14.5 Å². The first-order valence-corrected chi connectivity index (χ1v) is 7.32. The van der Waals surface area contributed by atoms with E-state index in [2.05, 4.69) is 0 Å². The van der Waals surface area contributed by atoms with Crippen LogP contribution < -0.4 is 0 Å². The molecule has 2 aliphatic heterocycles. The predicted molar refractivity (Wildman–Crippen MR) is 63.1 cm³/mol. The smallest absolute Gasteiger partial charge is 0.243 e. The third-order valence-electron chi connectivity index (χ3n) is 4.07. The molecule has 0 N–H and O–H groups in total. The number of imide groups is 1. The van der Waals surface area contributed by atoms with Gasteiger partial charge in [-0.2, -0.15) is 0 Å². The summed E-state index contributed by atoms with van der Waals surface area (Å²) < 4.78 is 0. The first-order valence-electron chi connectivity index (χ1n) is 6.27. The number of carbonyl (C=O) groups excluding carboxylic acids is 2. The molecule has 0 aromatic carbocycles. The van der Waals surface area contributed by atoms with E-state index in [0.29, 0.717) is 0 Å². The monoisotopic (exact) mass is 239 g/mol. The van der Waals surface area contributed by atoms with Crippen LogP contribution in [-0.2, 0) is 9.59 Å². The summed E-state index contributed by atoms with van der Waals surface area (Å²) >= 11 is 1.68. The van der Waals surface area contributed by atoms with Crippen molar-refractivity contribution in [3.05, 3.63) is 0 Å². The Morgan fingerprint density at radius 3 is 2.44 bits per heavy atom. The molecule has 2 amide bonds. The maximum Gasteiger partial charge on any atom is 0.243 e. The molecular formula is C12H17NO2S. The number of fused-ring (bicyclic) bond motifs is 1. The molecule has 2 heterocycles. The first-order chi connectivity index (χ1) is 7.79. The first kappa shape index (κ1) is 10.6. The van der Waals surface area contributed by atoms with E-state index in [9.17, 15) is 9.59 Å². The summed E-state index contributed by atoms with van der Waals surface area (Å²) in [6.07, 6.45) is 6.56. The molecular weight excluding hydrogens is 222 g/mol. The number of amides is 2. The van der Waals surface area contributed by atoms with E-state index in [0.717, 1.165) is 25.0 Å². The maximum absolute atomic E-state index is 12.2. The molecule has 0 aromatic rings. The Balaban J connectivity index is 1.80. The van der Waals surface area contributed by atoms with E-state index in [1.54, 1.807) is 16.7 Å². The lowest BCUT2D eigenvalue weighted by Gasteiger charge is -2.30. The fraction of sp³-hybridized carbons (Fsp3) is 0.833. The van der Waals surface area contributed by atoms with E-state index >= 15 is 0 Å². The minimum atomic E-state index is -0.0329. The molecule has 2 saturated heterocycles. The van der Waals surface area contributed by atoms with Crippen LogP contribution in [0, 0.1) is 5.92 Å². The second kappa shape index (κ2) is 4.06. The number of carbonyl (C=O) groups is 2. The molecule has 1 saturated carbocycles. The summed E-state index contributed by atoms with van der Waals surface area (Å²) in [5, 5.41) is -0.0329. The topological polar surface area (TPSA) is 37.4 Å². The highest BCUT2D eigenvalue weighted by Gasteiger charge is 2.52. The number of hydrogen-bond donors (Lipinski definition) is 0. The molecule has 0 spiro atoms. The van der Waals surface area contributed by atoms with Crippen LogP contribution in [0.3, 0.4) is 0 Å². The van der Waals surface area contributed by atoms with Crippen molar-refractivity contribution in [2.24, 2.45) is 5.92 Å². The van der Waals surface area contributed by atoms with Crippen molar-refractivity contribution in [1.82, 2.24) is 4.90 Å². The highest BCUT2D eigenvalue weighted by Crippen LogP contribution is 2.41. The fourth-order valence-corrected chi connectivity index (χ4v) is 4.59. The molecule has 1 aliphatic carbocycles. The minimum Gasteiger partial charge on any atom is -0.278 e. The third kappa shape index (κ3) is 1.50. The van der Waals surface area contributed by atoms with Gasteiger partial charge < -0.3 is 0 Å². The number of likely N-dealkylation sites (tertiary alicyclic amines) is 1. The van der Waals surface area contributed by atoms with Crippen LogP contribution in [0.15, 0.2) is 0 Å². The lowest BCUT2D eigenvalue weighted by molar-refractivity contribution is -0.142. The summed E-state index contributed by atoms with van der Waals surface area (Å²) in [5.74, 6) is 1.24. The molecule has 3 fully saturated rings. The molecule has 3 nitrogen and oxygen atoms in total. The summed E-state index contributed by atoms with van der Waals surface area (Å²) in [6.45, 7) is 0. The molecule has 0 bridgehead atoms. The maximum atomic E-state index is 12.2.